The van der Waals surface area contributed by atoms with Gasteiger partial charge in [0.2, 0.25) is 10.0 Å². The molecule has 1 N–H and O–H groups in total. The van der Waals surface area contributed by atoms with E-state index in [-0.39, 0.29) is 11.8 Å². The Hall–Kier alpha value is -0.170. The highest BCUT2D eigenvalue weighted by atomic mass is 32.2. The van der Waals surface area contributed by atoms with E-state index in [0.29, 0.717) is 19.0 Å². The minimum absolute atomic E-state index is 0.128. The van der Waals surface area contributed by atoms with Gasteiger partial charge in [0.25, 0.3) is 0 Å². The number of nitrogens with one attached hydrogen (secondary N) is 1. The topological polar surface area (TPSA) is 52.7 Å². The van der Waals surface area contributed by atoms with Crippen molar-refractivity contribution in [1.82, 2.24) is 14.5 Å². The molecule has 0 aromatic carbocycles. The van der Waals surface area contributed by atoms with Crippen molar-refractivity contribution < 1.29 is 8.42 Å². The van der Waals surface area contributed by atoms with Crippen molar-refractivity contribution in [2.45, 2.75) is 39.2 Å². The molecule has 1 aliphatic rings. The summed E-state index contributed by atoms with van der Waals surface area (Å²) in [6.07, 6.45) is 3.27. The molecule has 1 saturated heterocycles. The summed E-state index contributed by atoms with van der Waals surface area (Å²) in [6, 6.07) is 0.128. The number of likely N-dealkylation sites (N-methyl/N-ethyl adjacent to an activating group) is 1. The fourth-order valence-electron chi connectivity index (χ4n) is 2.49. The van der Waals surface area contributed by atoms with Gasteiger partial charge in [-0.3, -0.25) is 0 Å². The number of nitrogens with zero attached hydrogens (tertiary/aromatic N) is 2. The van der Waals surface area contributed by atoms with Gasteiger partial charge in [-0.05, 0) is 39.4 Å². The highest BCUT2D eigenvalue weighted by molar-refractivity contribution is 7.89. The summed E-state index contributed by atoms with van der Waals surface area (Å²) in [5, 5.41) is 3.33. The fourth-order valence-corrected chi connectivity index (χ4v) is 4.38. The van der Waals surface area contributed by atoms with Gasteiger partial charge in [0.1, 0.15) is 0 Å². The number of sulfonamides is 1. The smallest absolute Gasteiger partial charge is 0.215 e. The number of hydrogen-bond acceptors (Lipinski definition) is 4. The molecule has 1 unspecified atom stereocenters. The Morgan fingerprint density at radius 1 is 1.20 bits per heavy atom. The first-order chi connectivity index (χ1) is 9.31. The Bertz CT molecular complexity index is 363. The summed E-state index contributed by atoms with van der Waals surface area (Å²) in [5.41, 5.74) is 0. The molecule has 0 spiro atoms. The predicted molar refractivity (Wildman–Crippen MR) is 84.4 cm³/mol. The molecule has 6 heteroatoms. The molecule has 1 fully saturated rings. The van der Waals surface area contributed by atoms with Crippen LogP contribution in [0, 0.1) is 5.92 Å². The van der Waals surface area contributed by atoms with Crippen LogP contribution in [0.4, 0.5) is 0 Å². The van der Waals surface area contributed by atoms with Crippen molar-refractivity contribution in [1.29, 1.82) is 0 Å². The summed E-state index contributed by atoms with van der Waals surface area (Å²) in [4.78, 5) is 2.03. The lowest BCUT2D eigenvalue weighted by Gasteiger charge is -2.29. The van der Waals surface area contributed by atoms with E-state index in [0.717, 1.165) is 32.4 Å². The SMILES string of the molecule is CC(C)CN(CCN(C)C)S(=O)(=O)CC1CCCCN1. The van der Waals surface area contributed by atoms with Gasteiger partial charge in [-0.15, -0.1) is 0 Å². The molecule has 0 radical (unpaired) electrons. The summed E-state index contributed by atoms with van der Waals surface area (Å²) >= 11 is 0. The summed E-state index contributed by atoms with van der Waals surface area (Å²) < 4.78 is 26.9. The zero-order valence-electron chi connectivity index (χ0n) is 13.4. The van der Waals surface area contributed by atoms with Gasteiger partial charge >= 0.3 is 0 Å². The molecule has 1 rings (SSSR count). The Morgan fingerprint density at radius 3 is 2.40 bits per heavy atom. The predicted octanol–water partition coefficient (Wildman–Crippen LogP) is 0.978. The summed E-state index contributed by atoms with van der Waals surface area (Å²) in [6.45, 7) is 7.04. The first-order valence-corrected chi connectivity index (χ1v) is 9.28. The first kappa shape index (κ1) is 17.9. The van der Waals surface area contributed by atoms with Gasteiger partial charge in [-0.25, -0.2) is 12.7 Å². The van der Waals surface area contributed by atoms with Crippen LogP contribution in [0.1, 0.15) is 33.1 Å². The molecule has 0 bridgehead atoms. The molecular formula is C14H31N3O2S. The van der Waals surface area contributed by atoms with Crippen LogP contribution < -0.4 is 5.32 Å². The zero-order chi connectivity index (χ0) is 15.2. The van der Waals surface area contributed by atoms with E-state index in [9.17, 15) is 8.42 Å². The van der Waals surface area contributed by atoms with Gasteiger partial charge in [0.15, 0.2) is 0 Å². The molecule has 0 saturated carbocycles. The average molecular weight is 305 g/mol. The van der Waals surface area contributed by atoms with E-state index >= 15 is 0 Å². The number of piperidine rings is 1. The van der Waals surface area contributed by atoms with E-state index in [1.165, 1.54) is 0 Å². The number of hydrogen-bond donors (Lipinski definition) is 1. The molecule has 1 aliphatic heterocycles. The van der Waals surface area contributed by atoms with Crippen LogP contribution in [0.3, 0.4) is 0 Å². The third-order valence-corrected chi connectivity index (χ3v) is 5.53. The van der Waals surface area contributed by atoms with Crippen LogP contribution in [0.5, 0.6) is 0 Å². The summed E-state index contributed by atoms with van der Waals surface area (Å²) in [5.74, 6) is 0.596. The van der Waals surface area contributed by atoms with Crippen molar-refractivity contribution >= 4 is 10.0 Å². The fraction of sp³-hybridized carbons (Fsp3) is 1.00. The van der Waals surface area contributed by atoms with Crippen LogP contribution in [-0.2, 0) is 10.0 Å². The average Bonchev–Trinajstić information content (AvgIpc) is 2.34. The normalized spacial score (nSPS) is 21.1. The molecule has 0 aromatic rings. The molecular weight excluding hydrogens is 274 g/mol. The molecule has 0 aliphatic carbocycles. The van der Waals surface area contributed by atoms with Crippen molar-refractivity contribution in [3.63, 3.8) is 0 Å². The van der Waals surface area contributed by atoms with Crippen LogP contribution in [-0.4, -0.2) is 69.7 Å². The molecule has 20 heavy (non-hydrogen) atoms. The lowest BCUT2D eigenvalue weighted by atomic mass is 10.1. The van der Waals surface area contributed by atoms with Crippen molar-refractivity contribution in [2.75, 3.05) is 46.0 Å². The quantitative estimate of drug-likeness (QED) is 0.726. The standard InChI is InChI=1S/C14H31N3O2S/c1-13(2)11-17(10-9-16(3)4)20(18,19)12-14-7-5-6-8-15-14/h13-15H,5-12H2,1-4H3. The molecule has 5 nitrogen and oxygen atoms in total. The van der Waals surface area contributed by atoms with Crippen molar-refractivity contribution in [2.24, 2.45) is 5.92 Å². The van der Waals surface area contributed by atoms with E-state index in [1.807, 2.05) is 19.0 Å². The largest absolute Gasteiger partial charge is 0.313 e. The van der Waals surface area contributed by atoms with Gasteiger partial charge in [0.05, 0.1) is 5.75 Å². The maximum atomic E-state index is 12.6. The van der Waals surface area contributed by atoms with Crippen molar-refractivity contribution in [3.8, 4) is 0 Å². The molecule has 0 amide bonds. The van der Waals surface area contributed by atoms with Gasteiger partial charge in [-0.1, -0.05) is 20.3 Å². The van der Waals surface area contributed by atoms with Crippen LogP contribution in [0.2, 0.25) is 0 Å². The second kappa shape index (κ2) is 8.32. The van der Waals surface area contributed by atoms with E-state index in [4.69, 9.17) is 0 Å². The van der Waals surface area contributed by atoms with Crippen LogP contribution >= 0.6 is 0 Å². The Morgan fingerprint density at radius 2 is 1.90 bits per heavy atom. The minimum atomic E-state index is -3.17. The lowest BCUT2D eigenvalue weighted by Crippen LogP contribution is -2.46. The van der Waals surface area contributed by atoms with Gasteiger partial charge in [-0.2, -0.15) is 0 Å². The van der Waals surface area contributed by atoms with E-state index in [1.54, 1.807) is 4.31 Å². The second-order valence-corrected chi connectivity index (χ2v) is 8.49. The highest BCUT2D eigenvalue weighted by Crippen LogP contribution is 2.13. The Balaban J connectivity index is 2.64. The highest BCUT2D eigenvalue weighted by Gasteiger charge is 2.27. The third-order valence-electron chi connectivity index (χ3n) is 3.58. The van der Waals surface area contributed by atoms with Gasteiger partial charge < -0.3 is 10.2 Å². The molecule has 1 heterocycles. The van der Waals surface area contributed by atoms with Crippen LogP contribution in [0.15, 0.2) is 0 Å². The summed E-state index contributed by atoms with van der Waals surface area (Å²) in [7, 11) is 0.782. The van der Waals surface area contributed by atoms with E-state index < -0.39 is 10.0 Å². The number of rotatable bonds is 8. The molecule has 0 aromatic heterocycles. The Labute approximate surface area is 124 Å². The molecule has 120 valence electrons. The maximum Gasteiger partial charge on any atom is 0.215 e. The van der Waals surface area contributed by atoms with Crippen molar-refractivity contribution in [3.05, 3.63) is 0 Å². The lowest BCUT2D eigenvalue weighted by molar-refractivity contribution is 0.309. The third kappa shape index (κ3) is 6.52. The monoisotopic (exact) mass is 305 g/mol. The zero-order valence-corrected chi connectivity index (χ0v) is 14.2. The second-order valence-electron chi connectivity index (χ2n) is 6.48. The Kier molecular flexibility index (Phi) is 7.43. The van der Waals surface area contributed by atoms with Gasteiger partial charge in [0, 0.05) is 25.7 Å². The maximum absolute atomic E-state index is 12.6. The van der Waals surface area contributed by atoms with E-state index in [2.05, 4.69) is 19.2 Å². The van der Waals surface area contributed by atoms with Crippen LogP contribution in [0.25, 0.3) is 0 Å². The first-order valence-electron chi connectivity index (χ1n) is 7.67. The molecule has 1 atom stereocenters. The minimum Gasteiger partial charge on any atom is -0.313 e.